The summed E-state index contributed by atoms with van der Waals surface area (Å²) in [4.78, 5) is 13.6. The summed E-state index contributed by atoms with van der Waals surface area (Å²) in [5, 5.41) is 21.8. The molecule has 0 bridgehead atoms. The lowest BCUT2D eigenvalue weighted by molar-refractivity contribution is -0.00246. The molecule has 1 aromatic carbocycles. The van der Waals surface area contributed by atoms with Crippen LogP contribution in [0.4, 0.5) is 10.5 Å². The van der Waals surface area contributed by atoms with Crippen LogP contribution in [0.25, 0.3) is 0 Å². The standard InChI is InChI=1S/C16H22N2O4/c1-12(2)9-22-14-5-3-4-13(8-14)17-15(20)18-7-6-16(21,10-18)11-19/h3-5,8,19,21H,1,6-7,9-11H2,2H3,(H,17,20)/t16-/m1/s1. The minimum Gasteiger partial charge on any atom is -0.489 e. The van der Waals surface area contributed by atoms with Crippen LogP contribution in [0, 0.1) is 0 Å². The number of aliphatic hydroxyl groups excluding tert-OH is 1. The molecule has 120 valence electrons. The van der Waals surface area contributed by atoms with E-state index in [1.54, 1.807) is 24.3 Å². The zero-order chi connectivity index (χ0) is 16.2. The smallest absolute Gasteiger partial charge is 0.321 e. The number of likely N-dealkylation sites (tertiary alicyclic amines) is 1. The number of nitrogens with one attached hydrogen (secondary N) is 1. The number of hydrogen-bond donors (Lipinski definition) is 3. The van der Waals surface area contributed by atoms with E-state index in [9.17, 15) is 9.90 Å². The van der Waals surface area contributed by atoms with Gasteiger partial charge in [0.1, 0.15) is 18.0 Å². The number of ether oxygens (including phenoxy) is 1. The molecule has 3 N–H and O–H groups in total. The van der Waals surface area contributed by atoms with Crippen LogP contribution in [0.2, 0.25) is 0 Å². The first kappa shape index (κ1) is 16.3. The van der Waals surface area contributed by atoms with Gasteiger partial charge in [0.25, 0.3) is 0 Å². The highest BCUT2D eigenvalue weighted by Crippen LogP contribution is 2.22. The largest absolute Gasteiger partial charge is 0.489 e. The minimum atomic E-state index is -1.19. The summed E-state index contributed by atoms with van der Waals surface area (Å²) in [6.45, 7) is 6.26. The van der Waals surface area contributed by atoms with Crippen LogP contribution >= 0.6 is 0 Å². The molecule has 1 fully saturated rings. The fourth-order valence-electron chi connectivity index (χ4n) is 2.23. The van der Waals surface area contributed by atoms with Gasteiger partial charge < -0.3 is 25.2 Å². The Labute approximate surface area is 130 Å². The van der Waals surface area contributed by atoms with Crippen LogP contribution < -0.4 is 10.1 Å². The van der Waals surface area contributed by atoms with Crippen molar-refractivity contribution in [1.29, 1.82) is 0 Å². The maximum Gasteiger partial charge on any atom is 0.321 e. The van der Waals surface area contributed by atoms with Gasteiger partial charge in [-0.05, 0) is 31.1 Å². The van der Waals surface area contributed by atoms with Crippen molar-refractivity contribution in [3.63, 3.8) is 0 Å². The zero-order valence-corrected chi connectivity index (χ0v) is 12.7. The lowest BCUT2D eigenvalue weighted by Crippen LogP contribution is -2.40. The molecule has 6 heteroatoms. The van der Waals surface area contributed by atoms with Gasteiger partial charge in [-0.2, -0.15) is 0 Å². The first-order chi connectivity index (χ1) is 10.4. The molecular weight excluding hydrogens is 284 g/mol. The summed E-state index contributed by atoms with van der Waals surface area (Å²) < 4.78 is 5.53. The second-order valence-corrected chi connectivity index (χ2v) is 5.76. The Morgan fingerprint density at radius 3 is 2.95 bits per heavy atom. The Balaban J connectivity index is 1.94. The number of benzene rings is 1. The van der Waals surface area contributed by atoms with Crippen molar-refractivity contribution in [3.8, 4) is 5.75 Å². The van der Waals surface area contributed by atoms with Gasteiger partial charge >= 0.3 is 6.03 Å². The first-order valence-electron chi connectivity index (χ1n) is 7.18. The molecule has 0 unspecified atom stereocenters. The molecule has 1 aliphatic heterocycles. The van der Waals surface area contributed by atoms with Crippen molar-refractivity contribution < 1.29 is 19.7 Å². The van der Waals surface area contributed by atoms with Gasteiger partial charge in [0.15, 0.2) is 0 Å². The molecule has 1 aliphatic rings. The molecule has 0 aliphatic carbocycles. The van der Waals surface area contributed by atoms with E-state index in [0.29, 0.717) is 31.0 Å². The number of nitrogens with zero attached hydrogens (tertiary/aromatic N) is 1. The van der Waals surface area contributed by atoms with E-state index >= 15 is 0 Å². The Morgan fingerprint density at radius 1 is 1.55 bits per heavy atom. The highest BCUT2D eigenvalue weighted by atomic mass is 16.5. The number of rotatable bonds is 5. The molecule has 0 spiro atoms. The second-order valence-electron chi connectivity index (χ2n) is 5.76. The highest BCUT2D eigenvalue weighted by molar-refractivity contribution is 5.89. The fourth-order valence-corrected chi connectivity index (χ4v) is 2.23. The van der Waals surface area contributed by atoms with Crippen molar-refractivity contribution >= 4 is 11.7 Å². The van der Waals surface area contributed by atoms with Gasteiger partial charge in [0, 0.05) is 18.3 Å². The Bertz CT molecular complexity index is 561. The lowest BCUT2D eigenvalue weighted by Gasteiger charge is -2.21. The molecule has 1 saturated heterocycles. The van der Waals surface area contributed by atoms with Crippen molar-refractivity contribution in [2.45, 2.75) is 18.9 Å². The van der Waals surface area contributed by atoms with E-state index < -0.39 is 5.60 Å². The molecule has 1 heterocycles. The predicted molar refractivity (Wildman–Crippen MR) is 84.0 cm³/mol. The van der Waals surface area contributed by atoms with E-state index in [1.165, 1.54) is 4.90 Å². The van der Waals surface area contributed by atoms with Crippen molar-refractivity contribution in [3.05, 3.63) is 36.4 Å². The molecule has 0 radical (unpaired) electrons. The average molecular weight is 306 g/mol. The van der Waals surface area contributed by atoms with Gasteiger partial charge in [-0.25, -0.2) is 4.79 Å². The molecule has 2 amide bonds. The predicted octanol–water partition coefficient (Wildman–Crippen LogP) is 1.60. The SMILES string of the molecule is C=C(C)COc1cccc(NC(=O)N2CC[C@](O)(CO)C2)c1. The average Bonchev–Trinajstić information content (AvgIpc) is 2.89. The minimum absolute atomic E-state index is 0.126. The number of hydrogen-bond acceptors (Lipinski definition) is 4. The van der Waals surface area contributed by atoms with Gasteiger partial charge in [-0.15, -0.1) is 0 Å². The number of urea groups is 1. The first-order valence-corrected chi connectivity index (χ1v) is 7.18. The third kappa shape index (κ3) is 4.22. The van der Waals surface area contributed by atoms with Crippen molar-refractivity contribution in [2.75, 3.05) is 31.6 Å². The fraction of sp³-hybridized carbons (Fsp3) is 0.438. The second kappa shape index (κ2) is 6.81. The van der Waals surface area contributed by atoms with E-state index in [1.807, 2.05) is 6.92 Å². The van der Waals surface area contributed by atoms with Crippen LogP contribution in [0.1, 0.15) is 13.3 Å². The maximum atomic E-state index is 12.2. The molecule has 1 aromatic rings. The third-order valence-corrected chi connectivity index (χ3v) is 3.48. The van der Waals surface area contributed by atoms with Gasteiger partial charge in [0.05, 0.1) is 13.2 Å². The Morgan fingerprint density at radius 2 is 2.32 bits per heavy atom. The van der Waals surface area contributed by atoms with Crippen LogP contribution in [-0.2, 0) is 0 Å². The molecule has 1 atom stereocenters. The van der Waals surface area contributed by atoms with Crippen LogP contribution in [-0.4, -0.2) is 53.0 Å². The van der Waals surface area contributed by atoms with Gasteiger partial charge in [-0.1, -0.05) is 12.6 Å². The molecular formula is C16H22N2O4. The summed E-state index contributed by atoms with van der Waals surface area (Å²) in [6.07, 6.45) is 0.374. The summed E-state index contributed by atoms with van der Waals surface area (Å²) >= 11 is 0. The number of amides is 2. The van der Waals surface area contributed by atoms with Crippen molar-refractivity contribution in [2.24, 2.45) is 0 Å². The molecule has 0 saturated carbocycles. The van der Waals surface area contributed by atoms with Crippen molar-refractivity contribution in [1.82, 2.24) is 4.90 Å². The van der Waals surface area contributed by atoms with E-state index in [2.05, 4.69) is 11.9 Å². The summed E-state index contributed by atoms with van der Waals surface area (Å²) in [7, 11) is 0. The molecule has 0 aromatic heterocycles. The summed E-state index contributed by atoms with van der Waals surface area (Å²) in [5.41, 5.74) is 0.336. The molecule has 22 heavy (non-hydrogen) atoms. The molecule has 2 rings (SSSR count). The maximum absolute atomic E-state index is 12.2. The number of carbonyl (C=O) groups is 1. The van der Waals surface area contributed by atoms with Crippen LogP contribution in [0.15, 0.2) is 36.4 Å². The molecule has 6 nitrogen and oxygen atoms in total. The topological polar surface area (TPSA) is 82.0 Å². The third-order valence-electron chi connectivity index (χ3n) is 3.48. The van der Waals surface area contributed by atoms with Gasteiger partial charge in [-0.3, -0.25) is 0 Å². The lowest BCUT2D eigenvalue weighted by atomic mass is 10.1. The van der Waals surface area contributed by atoms with E-state index in [4.69, 9.17) is 9.84 Å². The quantitative estimate of drug-likeness (QED) is 0.722. The van der Waals surface area contributed by atoms with Crippen LogP contribution in [0.5, 0.6) is 5.75 Å². The van der Waals surface area contributed by atoms with Gasteiger partial charge in [0.2, 0.25) is 0 Å². The Hall–Kier alpha value is -2.05. The summed E-state index contributed by atoms with van der Waals surface area (Å²) in [6, 6.07) is 6.78. The summed E-state index contributed by atoms with van der Waals surface area (Å²) in [5.74, 6) is 0.647. The number of aliphatic hydroxyl groups is 2. The normalized spacial score (nSPS) is 20.8. The number of β-amino-alcohol motifs (C(OH)–C–C–N with tert-alkyl or cyclic N) is 1. The monoisotopic (exact) mass is 306 g/mol. The van der Waals surface area contributed by atoms with E-state index in [0.717, 1.165) is 5.57 Å². The highest BCUT2D eigenvalue weighted by Gasteiger charge is 2.37. The van der Waals surface area contributed by atoms with E-state index in [-0.39, 0.29) is 19.2 Å². The van der Waals surface area contributed by atoms with Crippen LogP contribution in [0.3, 0.4) is 0 Å². The number of carbonyl (C=O) groups excluding carboxylic acids is 1. The zero-order valence-electron chi connectivity index (χ0n) is 12.7. The number of anilines is 1. The Kier molecular flexibility index (Phi) is 5.05.